The van der Waals surface area contributed by atoms with Crippen LogP contribution in [0.15, 0.2) is 187 Å². The molecule has 0 saturated heterocycles. The number of nitrogens with one attached hydrogen (secondary N) is 3. The lowest BCUT2D eigenvalue weighted by atomic mass is 9.95. The van der Waals surface area contributed by atoms with Crippen LogP contribution in [-0.4, -0.2) is 49.4 Å². The Hall–Kier alpha value is -5.64. The van der Waals surface area contributed by atoms with Crippen molar-refractivity contribution in [3.8, 4) is 33.4 Å². The van der Waals surface area contributed by atoms with Crippen molar-refractivity contribution < 1.29 is 14.4 Å². The zero-order chi connectivity index (χ0) is 51.5. The van der Waals surface area contributed by atoms with E-state index in [0.717, 1.165) is 67.8 Å². The molecule has 14 heteroatoms. The van der Waals surface area contributed by atoms with Crippen molar-refractivity contribution in [2.24, 2.45) is 0 Å². The average Bonchev–Trinajstić information content (AvgIpc) is 3.70. The molecule has 0 atom stereocenters. The summed E-state index contributed by atoms with van der Waals surface area (Å²) >= 11 is 12.1. The molecule has 7 aromatic carbocycles. The number of benzene rings is 7. The Morgan fingerprint density at radius 3 is 1.23 bits per heavy atom. The third-order valence-corrected chi connectivity index (χ3v) is 18.2. The van der Waals surface area contributed by atoms with Gasteiger partial charge in [-0.25, -0.2) is 0 Å². The fraction of sp³-hybridized carbons (Fsp3) is 0.262. The topological polar surface area (TPSA) is 97.0 Å². The van der Waals surface area contributed by atoms with E-state index < -0.39 is 0 Å². The van der Waals surface area contributed by atoms with Gasteiger partial charge in [0.05, 0.1) is 17.1 Å². The van der Waals surface area contributed by atoms with E-state index in [9.17, 15) is 14.4 Å². The van der Waals surface area contributed by atoms with Crippen LogP contribution in [0.4, 0.5) is 22.7 Å². The first-order chi connectivity index (χ1) is 36.7. The highest BCUT2D eigenvalue weighted by Gasteiger charge is 2.28. The van der Waals surface area contributed by atoms with E-state index in [0.29, 0.717) is 25.2 Å². The molecule has 9 nitrogen and oxygen atoms in total. The highest BCUT2D eigenvalue weighted by atomic mass is 79.9. The SMILES string of the molecule is O=C(CN1Sc2ccccc2-c2cc(Br)ccc21)NC1CCCCCC1.O=C(CN1Sc2ccccc2-c2cc(Br)ccc21)Nc1ccccc1.O=C(CN1Sc2ccccc2-c2ccccc21)NC1CCCCC1. The lowest BCUT2D eigenvalue weighted by Crippen LogP contribution is -2.41. The number of para-hydroxylation sites is 2. The highest BCUT2D eigenvalue weighted by Crippen LogP contribution is 2.49. The molecule has 2 fully saturated rings. The number of carbonyl (C=O) groups is 3. The average molecular weight is 1180 g/mol. The van der Waals surface area contributed by atoms with Crippen LogP contribution in [0.5, 0.6) is 0 Å². The van der Waals surface area contributed by atoms with Crippen molar-refractivity contribution in [1.29, 1.82) is 0 Å². The van der Waals surface area contributed by atoms with Crippen LogP contribution in [0.2, 0.25) is 0 Å². The Bertz CT molecular complexity index is 3130. The summed E-state index contributed by atoms with van der Waals surface area (Å²) in [5, 5.41) is 9.45. The number of halogens is 2. The second-order valence-electron chi connectivity index (χ2n) is 19.3. The Morgan fingerprint density at radius 2 is 0.760 bits per heavy atom. The van der Waals surface area contributed by atoms with Crippen molar-refractivity contribution in [3.63, 3.8) is 0 Å². The Kier molecular flexibility index (Phi) is 17.9. The fourth-order valence-corrected chi connectivity index (χ4v) is 14.3. The van der Waals surface area contributed by atoms with Gasteiger partial charge in [0.1, 0.15) is 19.6 Å². The minimum absolute atomic E-state index is 0.0352. The van der Waals surface area contributed by atoms with E-state index in [4.69, 9.17) is 0 Å². The van der Waals surface area contributed by atoms with E-state index in [1.165, 1.54) is 82.6 Å². The monoisotopic (exact) mass is 1180 g/mol. The molecule has 3 heterocycles. The predicted octanol–water partition coefficient (Wildman–Crippen LogP) is 16.0. The van der Waals surface area contributed by atoms with Gasteiger partial charge in [0.2, 0.25) is 17.7 Å². The molecule has 0 spiro atoms. The Balaban J connectivity index is 0.000000128. The maximum atomic E-state index is 12.7. The van der Waals surface area contributed by atoms with E-state index >= 15 is 0 Å². The summed E-state index contributed by atoms with van der Waals surface area (Å²) in [6, 6.07) is 56.1. The van der Waals surface area contributed by atoms with Gasteiger partial charge in [-0.1, -0.05) is 168 Å². The molecule has 2 aliphatic carbocycles. The van der Waals surface area contributed by atoms with Gasteiger partial charge in [-0.15, -0.1) is 0 Å². The molecule has 0 radical (unpaired) electrons. The second kappa shape index (κ2) is 25.5. The molecule has 0 unspecified atom stereocenters. The molecule has 12 rings (SSSR count). The molecule has 5 aliphatic rings. The standard InChI is InChI=1S/C21H23BrN2OS.C20H15BrN2OS.C20H22N2OS/c22-15-11-12-19-18(13-15)17-9-5-6-10-20(17)26-24(19)14-21(25)23-16-7-3-1-2-4-8-16;21-14-10-11-18-17(12-14)16-8-4-5-9-19(16)25-23(18)13-20(24)22-15-6-2-1-3-7-15;23-20(21-15-8-2-1-3-9-15)14-22-18-12-6-4-10-16(18)17-11-5-7-13-19(17)24-22/h5-6,9-13,16H,1-4,7-8,14H2,(H,23,25);1-12H,13H2,(H,22,24);4-7,10-13,15H,1-3,8-9,14H2,(H,21,23). The second-order valence-corrected chi connectivity index (χ2v) is 24.3. The number of rotatable bonds is 9. The Labute approximate surface area is 471 Å². The van der Waals surface area contributed by atoms with E-state index in [1.54, 1.807) is 35.8 Å². The smallest absolute Gasteiger partial charge is 0.244 e. The van der Waals surface area contributed by atoms with Crippen molar-refractivity contribution in [1.82, 2.24) is 10.6 Å². The van der Waals surface area contributed by atoms with Crippen LogP contribution in [0, 0.1) is 0 Å². The van der Waals surface area contributed by atoms with E-state index in [1.807, 2.05) is 65.0 Å². The normalized spacial score (nSPS) is 15.5. The van der Waals surface area contributed by atoms with Gasteiger partial charge in [-0.05, 0) is 151 Å². The van der Waals surface area contributed by atoms with Gasteiger partial charge in [0, 0.05) is 58.1 Å². The molecule has 3 amide bonds. The van der Waals surface area contributed by atoms with E-state index in [2.05, 4.69) is 160 Å². The zero-order valence-corrected chi connectivity index (χ0v) is 47.3. The van der Waals surface area contributed by atoms with Crippen LogP contribution in [0.3, 0.4) is 0 Å². The van der Waals surface area contributed by atoms with E-state index in [-0.39, 0.29) is 24.3 Å². The number of fused-ring (bicyclic) bond motifs is 9. The van der Waals surface area contributed by atoms with Crippen molar-refractivity contribution in [2.75, 3.05) is 37.9 Å². The molecule has 3 aliphatic heterocycles. The minimum Gasteiger partial charge on any atom is -0.352 e. The summed E-state index contributed by atoms with van der Waals surface area (Å²) in [5.74, 6) is 0.216. The molecular weight excluding hydrogens is 1120 g/mol. The van der Waals surface area contributed by atoms with Crippen molar-refractivity contribution in [3.05, 3.63) is 173 Å². The van der Waals surface area contributed by atoms with Gasteiger partial charge >= 0.3 is 0 Å². The summed E-state index contributed by atoms with van der Waals surface area (Å²) in [4.78, 5) is 41.3. The molecular formula is C61H60Br2N6O3S3. The predicted molar refractivity (Wildman–Crippen MR) is 320 cm³/mol. The number of amides is 3. The van der Waals surface area contributed by atoms with Crippen LogP contribution in [0.1, 0.15) is 70.6 Å². The first-order valence-electron chi connectivity index (χ1n) is 26.0. The summed E-state index contributed by atoms with van der Waals surface area (Å²) in [6.07, 6.45) is 13.3. The van der Waals surface area contributed by atoms with Gasteiger partial charge < -0.3 is 28.9 Å². The number of anilines is 4. The van der Waals surface area contributed by atoms with Gasteiger partial charge in [-0.3, -0.25) is 14.4 Å². The first-order valence-corrected chi connectivity index (χ1v) is 29.9. The minimum atomic E-state index is -0.0352. The maximum Gasteiger partial charge on any atom is 0.244 e. The number of hydrogen-bond acceptors (Lipinski definition) is 9. The largest absolute Gasteiger partial charge is 0.352 e. The molecule has 7 aromatic rings. The van der Waals surface area contributed by atoms with Crippen molar-refractivity contribution >= 4 is 108 Å². The lowest BCUT2D eigenvalue weighted by Gasteiger charge is -2.31. The number of carbonyl (C=O) groups excluding carboxylic acids is 3. The number of nitrogens with zero attached hydrogens (tertiary/aromatic N) is 3. The van der Waals surface area contributed by atoms with Gasteiger partial charge in [0.25, 0.3) is 0 Å². The summed E-state index contributed by atoms with van der Waals surface area (Å²) < 4.78 is 8.37. The third-order valence-electron chi connectivity index (χ3n) is 13.9. The molecule has 384 valence electrons. The van der Waals surface area contributed by atoms with Gasteiger partial charge in [0.15, 0.2) is 0 Å². The van der Waals surface area contributed by atoms with Crippen LogP contribution < -0.4 is 28.9 Å². The quantitative estimate of drug-likeness (QED) is 0.0965. The summed E-state index contributed by atoms with van der Waals surface area (Å²) in [7, 11) is 0. The fourth-order valence-electron chi connectivity index (χ4n) is 10.3. The van der Waals surface area contributed by atoms with Gasteiger partial charge in [-0.2, -0.15) is 0 Å². The zero-order valence-electron chi connectivity index (χ0n) is 41.7. The molecule has 75 heavy (non-hydrogen) atoms. The maximum absolute atomic E-state index is 12.7. The number of hydrogen-bond donors (Lipinski definition) is 3. The lowest BCUT2D eigenvalue weighted by molar-refractivity contribution is -0.121. The van der Waals surface area contributed by atoms with Crippen LogP contribution in [-0.2, 0) is 14.4 Å². The van der Waals surface area contributed by atoms with Crippen LogP contribution in [0.25, 0.3) is 33.4 Å². The van der Waals surface area contributed by atoms with Crippen LogP contribution >= 0.6 is 67.7 Å². The third kappa shape index (κ3) is 13.5. The first kappa shape index (κ1) is 52.8. The summed E-state index contributed by atoms with van der Waals surface area (Å²) in [6.45, 7) is 1.05. The summed E-state index contributed by atoms with van der Waals surface area (Å²) in [5.41, 5.74) is 11.3. The molecule has 0 aromatic heterocycles. The van der Waals surface area contributed by atoms with Crippen molar-refractivity contribution in [2.45, 2.75) is 97.4 Å². The molecule has 2 saturated carbocycles. The highest BCUT2D eigenvalue weighted by molar-refractivity contribution is 9.10. The molecule has 3 N–H and O–H groups in total. The molecule has 0 bridgehead atoms. The Morgan fingerprint density at radius 1 is 0.400 bits per heavy atom.